The summed E-state index contributed by atoms with van der Waals surface area (Å²) in [6, 6.07) is 4.76. The summed E-state index contributed by atoms with van der Waals surface area (Å²) in [7, 11) is 0. The van der Waals surface area contributed by atoms with Crippen LogP contribution in [0.5, 0.6) is 0 Å². The van der Waals surface area contributed by atoms with E-state index in [2.05, 4.69) is 32.7 Å². The summed E-state index contributed by atoms with van der Waals surface area (Å²) < 4.78 is 1.06. The normalized spacial score (nSPS) is 26.0. The van der Waals surface area contributed by atoms with Gasteiger partial charge in [-0.2, -0.15) is 0 Å². The number of hydrogen-bond donors (Lipinski definition) is 1. The van der Waals surface area contributed by atoms with E-state index in [0.29, 0.717) is 6.04 Å². The minimum absolute atomic E-state index is 0.274. The molecule has 1 aliphatic rings. The SMILES string of the molecule is Cc1nc(N2CCC(N)C2C)ccc1Br. The zero-order valence-corrected chi connectivity index (χ0v) is 10.7. The molecule has 82 valence electrons. The summed E-state index contributed by atoms with van der Waals surface area (Å²) in [6.07, 6.45) is 1.05. The lowest BCUT2D eigenvalue weighted by Gasteiger charge is -2.24. The van der Waals surface area contributed by atoms with E-state index in [9.17, 15) is 0 Å². The topological polar surface area (TPSA) is 42.2 Å². The lowest BCUT2D eigenvalue weighted by Crippen LogP contribution is -2.37. The molecule has 0 saturated carbocycles. The summed E-state index contributed by atoms with van der Waals surface area (Å²) >= 11 is 3.46. The average molecular weight is 270 g/mol. The molecule has 2 heterocycles. The molecule has 3 nitrogen and oxygen atoms in total. The first-order valence-electron chi connectivity index (χ1n) is 5.25. The maximum absolute atomic E-state index is 6.00. The van der Waals surface area contributed by atoms with Gasteiger partial charge in [0.25, 0.3) is 0 Å². The Morgan fingerprint density at radius 1 is 1.53 bits per heavy atom. The number of nitrogens with two attached hydrogens (primary N) is 1. The van der Waals surface area contributed by atoms with E-state index in [1.807, 2.05) is 19.1 Å². The fourth-order valence-electron chi connectivity index (χ4n) is 1.98. The first kappa shape index (κ1) is 10.9. The quantitative estimate of drug-likeness (QED) is 0.849. The van der Waals surface area contributed by atoms with Crippen molar-refractivity contribution < 1.29 is 0 Å². The number of halogens is 1. The zero-order chi connectivity index (χ0) is 11.0. The third-order valence-electron chi connectivity index (χ3n) is 3.12. The van der Waals surface area contributed by atoms with E-state index in [0.717, 1.165) is 29.0 Å². The van der Waals surface area contributed by atoms with Crippen molar-refractivity contribution >= 4 is 21.7 Å². The van der Waals surface area contributed by atoms with Crippen molar-refractivity contribution in [2.24, 2.45) is 5.73 Å². The van der Waals surface area contributed by atoms with Gasteiger partial charge in [0.1, 0.15) is 5.82 Å². The molecular formula is C11H16BrN3. The third kappa shape index (κ3) is 2.01. The fraction of sp³-hybridized carbons (Fsp3) is 0.545. The van der Waals surface area contributed by atoms with Gasteiger partial charge >= 0.3 is 0 Å². The third-order valence-corrected chi connectivity index (χ3v) is 3.95. The van der Waals surface area contributed by atoms with Gasteiger partial charge in [-0.15, -0.1) is 0 Å². The maximum atomic E-state index is 6.00. The average Bonchev–Trinajstić information content (AvgIpc) is 2.53. The number of aromatic nitrogens is 1. The van der Waals surface area contributed by atoms with E-state index in [4.69, 9.17) is 5.73 Å². The number of anilines is 1. The van der Waals surface area contributed by atoms with Gasteiger partial charge in [0, 0.05) is 23.1 Å². The van der Waals surface area contributed by atoms with Crippen LogP contribution >= 0.6 is 15.9 Å². The molecule has 1 saturated heterocycles. The summed E-state index contributed by atoms with van der Waals surface area (Å²) in [5.41, 5.74) is 7.02. The Bertz CT molecular complexity index is 367. The molecule has 0 aliphatic carbocycles. The van der Waals surface area contributed by atoms with E-state index in [-0.39, 0.29) is 6.04 Å². The van der Waals surface area contributed by atoms with Gasteiger partial charge in [-0.3, -0.25) is 0 Å². The predicted octanol–water partition coefficient (Wildman–Crippen LogP) is 2.08. The van der Waals surface area contributed by atoms with Crippen LogP contribution in [0.1, 0.15) is 19.0 Å². The van der Waals surface area contributed by atoms with Crippen LogP contribution in [0.3, 0.4) is 0 Å². The summed E-state index contributed by atoms with van der Waals surface area (Å²) in [5, 5.41) is 0. The highest BCUT2D eigenvalue weighted by atomic mass is 79.9. The van der Waals surface area contributed by atoms with Crippen LogP contribution in [-0.4, -0.2) is 23.6 Å². The molecule has 1 aromatic heterocycles. The van der Waals surface area contributed by atoms with Gasteiger partial charge in [0.15, 0.2) is 0 Å². The van der Waals surface area contributed by atoms with Crippen molar-refractivity contribution in [3.63, 3.8) is 0 Å². The van der Waals surface area contributed by atoms with Crippen LogP contribution in [0, 0.1) is 6.92 Å². The molecular weight excluding hydrogens is 254 g/mol. The van der Waals surface area contributed by atoms with Gasteiger partial charge in [-0.1, -0.05) is 0 Å². The van der Waals surface area contributed by atoms with Crippen molar-refractivity contribution in [2.75, 3.05) is 11.4 Å². The van der Waals surface area contributed by atoms with Crippen LogP contribution < -0.4 is 10.6 Å². The van der Waals surface area contributed by atoms with Crippen molar-refractivity contribution in [2.45, 2.75) is 32.4 Å². The van der Waals surface area contributed by atoms with Gasteiger partial charge in [-0.05, 0) is 48.3 Å². The molecule has 1 aliphatic heterocycles. The predicted molar refractivity (Wildman–Crippen MR) is 66.1 cm³/mol. The van der Waals surface area contributed by atoms with Crippen LogP contribution in [0.15, 0.2) is 16.6 Å². The second-order valence-electron chi connectivity index (χ2n) is 4.12. The van der Waals surface area contributed by atoms with Crippen molar-refractivity contribution in [3.05, 3.63) is 22.3 Å². The highest BCUT2D eigenvalue weighted by Crippen LogP contribution is 2.25. The summed E-state index contributed by atoms with van der Waals surface area (Å²) in [5.74, 6) is 1.04. The molecule has 0 amide bonds. The standard InChI is InChI=1S/C11H16BrN3/c1-7-9(12)3-4-11(14-7)15-6-5-10(13)8(15)2/h3-4,8,10H,5-6,13H2,1-2H3. The Morgan fingerprint density at radius 3 is 2.80 bits per heavy atom. The molecule has 2 rings (SSSR count). The van der Waals surface area contributed by atoms with Gasteiger partial charge in [-0.25, -0.2) is 4.98 Å². The minimum atomic E-state index is 0.274. The molecule has 1 fully saturated rings. The Balaban J connectivity index is 2.26. The first-order valence-corrected chi connectivity index (χ1v) is 6.04. The second-order valence-corrected chi connectivity index (χ2v) is 4.98. The Labute approximate surface area is 98.8 Å². The largest absolute Gasteiger partial charge is 0.352 e. The first-order chi connectivity index (χ1) is 7.09. The molecule has 4 heteroatoms. The summed E-state index contributed by atoms with van der Waals surface area (Å²) in [6.45, 7) is 5.18. The van der Waals surface area contributed by atoms with Crippen molar-refractivity contribution in [1.29, 1.82) is 0 Å². The zero-order valence-electron chi connectivity index (χ0n) is 9.07. The number of hydrogen-bond acceptors (Lipinski definition) is 3. The number of nitrogens with zero attached hydrogens (tertiary/aromatic N) is 2. The fourth-order valence-corrected chi connectivity index (χ4v) is 2.20. The Morgan fingerprint density at radius 2 is 2.27 bits per heavy atom. The Kier molecular flexibility index (Phi) is 2.98. The van der Waals surface area contributed by atoms with Gasteiger partial charge in [0.2, 0.25) is 0 Å². The molecule has 1 aromatic rings. The van der Waals surface area contributed by atoms with Gasteiger partial charge < -0.3 is 10.6 Å². The minimum Gasteiger partial charge on any atom is -0.352 e. The van der Waals surface area contributed by atoms with E-state index in [1.165, 1.54) is 0 Å². The maximum Gasteiger partial charge on any atom is 0.129 e. The molecule has 2 unspecified atom stereocenters. The van der Waals surface area contributed by atoms with Crippen LogP contribution in [-0.2, 0) is 0 Å². The van der Waals surface area contributed by atoms with E-state index in [1.54, 1.807) is 0 Å². The second kappa shape index (κ2) is 4.10. The molecule has 0 radical (unpaired) electrons. The van der Waals surface area contributed by atoms with Crippen LogP contribution in [0.2, 0.25) is 0 Å². The van der Waals surface area contributed by atoms with E-state index < -0.39 is 0 Å². The highest BCUT2D eigenvalue weighted by molar-refractivity contribution is 9.10. The molecule has 15 heavy (non-hydrogen) atoms. The molecule has 0 bridgehead atoms. The van der Waals surface area contributed by atoms with Crippen LogP contribution in [0.4, 0.5) is 5.82 Å². The van der Waals surface area contributed by atoms with Crippen LogP contribution in [0.25, 0.3) is 0 Å². The van der Waals surface area contributed by atoms with E-state index >= 15 is 0 Å². The van der Waals surface area contributed by atoms with Crippen molar-refractivity contribution in [3.8, 4) is 0 Å². The summed E-state index contributed by atoms with van der Waals surface area (Å²) in [4.78, 5) is 6.84. The molecule has 2 N–H and O–H groups in total. The molecule has 0 aromatic carbocycles. The number of pyridine rings is 1. The lowest BCUT2D eigenvalue weighted by molar-refractivity contribution is 0.621. The number of rotatable bonds is 1. The lowest BCUT2D eigenvalue weighted by atomic mass is 10.2. The number of aryl methyl sites for hydroxylation is 1. The van der Waals surface area contributed by atoms with Gasteiger partial charge in [0.05, 0.1) is 5.69 Å². The smallest absolute Gasteiger partial charge is 0.129 e. The highest BCUT2D eigenvalue weighted by Gasteiger charge is 2.28. The Hall–Kier alpha value is -0.610. The monoisotopic (exact) mass is 269 g/mol. The molecule has 2 atom stereocenters. The van der Waals surface area contributed by atoms with Crippen molar-refractivity contribution in [1.82, 2.24) is 4.98 Å². The molecule has 0 spiro atoms.